The first-order valence-corrected chi connectivity index (χ1v) is 8.51. The molecule has 3 heterocycles. The van der Waals surface area contributed by atoms with Gasteiger partial charge in [0.25, 0.3) is 0 Å². The highest BCUT2D eigenvalue weighted by molar-refractivity contribution is 7.09. The van der Waals surface area contributed by atoms with Gasteiger partial charge in [0.1, 0.15) is 11.3 Å². The highest BCUT2D eigenvalue weighted by Crippen LogP contribution is 2.22. The van der Waals surface area contributed by atoms with Crippen molar-refractivity contribution in [1.82, 2.24) is 24.3 Å². The molecule has 0 spiro atoms. The number of hydrogen-bond donors (Lipinski definition) is 0. The van der Waals surface area contributed by atoms with Gasteiger partial charge in [-0.1, -0.05) is 13.3 Å². The van der Waals surface area contributed by atoms with E-state index in [1.807, 2.05) is 23.3 Å². The van der Waals surface area contributed by atoms with Crippen LogP contribution in [0.4, 0.5) is 0 Å². The van der Waals surface area contributed by atoms with Crippen molar-refractivity contribution in [3.63, 3.8) is 0 Å². The largest absolute Gasteiger partial charge is 0.311 e. The van der Waals surface area contributed by atoms with Crippen LogP contribution in [0, 0.1) is 0 Å². The van der Waals surface area contributed by atoms with Gasteiger partial charge in [-0.15, -0.1) is 22.9 Å². The molecule has 3 rings (SSSR count). The molecule has 0 aromatic carbocycles. The predicted octanol–water partition coefficient (Wildman–Crippen LogP) is 3.16. The summed E-state index contributed by atoms with van der Waals surface area (Å²) < 4.78 is 4.10. The fraction of sp³-hybridized carbons (Fsp3) is 0.500. The summed E-state index contributed by atoms with van der Waals surface area (Å²) in [4.78, 5) is 9.04. The number of aromatic nitrogens is 5. The van der Waals surface area contributed by atoms with Crippen LogP contribution in [0.15, 0.2) is 11.6 Å². The molecule has 21 heavy (non-hydrogen) atoms. The van der Waals surface area contributed by atoms with Crippen molar-refractivity contribution in [3.8, 4) is 0 Å². The van der Waals surface area contributed by atoms with Crippen molar-refractivity contribution in [2.24, 2.45) is 7.05 Å². The van der Waals surface area contributed by atoms with Gasteiger partial charge in [0, 0.05) is 31.6 Å². The van der Waals surface area contributed by atoms with E-state index in [1.165, 1.54) is 0 Å². The van der Waals surface area contributed by atoms with Crippen molar-refractivity contribution in [2.75, 3.05) is 0 Å². The number of hydrogen-bond acceptors (Lipinski definition) is 4. The van der Waals surface area contributed by atoms with E-state index < -0.39 is 0 Å². The zero-order chi connectivity index (χ0) is 14.8. The summed E-state index contributed by atoms with van der Waals surface area (Å²) in [6, 6.07) is 0. The molecule has 3 aromatic rings. The molecule has 0 aliphatic heterocycles. The van der Waals surface area contributed by atoms with Crippen LogP contribution >= 0.6 is 22.9 Å². The molecule has 0 N–H and O–H groups in total. The van der Waals surface area contributed by atoms with Gasteiger partial charge in [-0.2, -0.15) is 5.10 Å². The number of nitrogens with zero attached hydrogens (tertiary/aromatic N) is 5. The van der Waals surface area contributed by atoms with E-state index in [0.717, 1.165) is 53.5 Å². The normalized spacial score (nSPS) is 11.6. The molecule has 0 unspecified atom stereocenters. The van der Waals surface area contributed by atoms with Gasteiger partial charge in [-0.25, -0.2) is 9.97 Å². The Balaban J connectivity index is 1.99. The summed E-state index contributed by atoms with van der Waals surface area (Å²) in [5, 5.41) is 7.74. The second-order valence-electron chi connectivity index (χ2n) is 4.98. The molecule has 0 bridgehead atoms. The van der Waals surface area contributed by atoms with Crippen LogP contribution in [-0.2, 0) is 32.3 Å². The molecule has 0 radical (unpaired) electrons. The summed E-state index contributed by atoms with van der Waals surface area (Å²) in [6.07, 6.45) is 4.74. The molecule has 5 nitrogen and oxygen atoms in total. The van der Waals surface area contributed by atoms with E-state index >= 15 is 0 Å². The number of aryl methyl sites for hydroxylation is 4. The highest BCUT2D eigenvalue weighted by Gasteiger charge is 2.18. The van der Waals surface area contributed by atoms with Crippen LogP contribution in [0.3, 0.4) is 0 Å². The first-order chi connectivity index (χ1) is 10.2. The Labute approximate surface area is 132 Å². The van der Waals surface area contributed by atoms with E-state index in [1.54, 1.807) is 11.3 Å². The topological polar surface area (TPSA) is 48.5 Å². The summed E-state index contributed by atoms with van der Waals surface area (Å²) in [5.74, 6) is 1.33. The maximum absolute atomic E-state index is 6.08. The van der Waals surface area contributed by atoms with Gasteiger partial charge < -0.3 is 4.57 Å². The van der Waals surface area contributed by atoms with Gasteiger partial charge in [-0.3, -0.25) is 4.68 Å². The molecule has 112 valence electrons. The third kappa shape index (κ3) is 2.70. The number of fused-ring (bicyclic) bond motifs is 1. The summed E-state index contributed by atoms with van der Waals surface area (Å²) in [7, 11) is 1.97. The van der Waals surface area contributed by atoms with Crippen LogP contribution in [0.1, 0.15) is 29.9 Å². The maximum atomic E-state index is 6.08. The van der Waals surface area contributed by atoms with Crippen molar-refractivity contribution >= 4 is 34.1 Å². The molecule has 0 saturated carbocycles. The Bertz CT molecular complexity index is 728. The Morgan fingerprint density at radius 2 is 2.19 bits per heavy atom. The standard InChI is InChI=1S/C14H18ClN5S/c1-3-4-10-13-14(19(2)18-10)20(11(9-15)17-13)7-5-12-16-6-8-21-12/h6,8H,3-5,7,9H2,1-2H3. The highest BCUT2D eigenvalue weighted by atomic mass is 35.5. The average molecular weight is 324 g/mol. The summed E-state index contributed by atoms with van der Waals surface area (Å²) in [6.45, 7) is 2.99. The van der Waals surface area contributed by atoms with Crippen LogP contribution in [0.5, 0.6) is 0 Å². The first kappa shape index (κ1) is 14.5. The molecular weight excluding hydrogens is 306 g/mol. The monoisotopic (exact) mass is 323 g/mol. The van der Waals surface area contributed by atoms with E-state index in [2.05, 4.69) is 21.6 Å². The minimum atomic E-state index is 0.415. The minimum absolute atomic E-state index is 0.415. The fourth-order valence-electron chi connectivity index (χ4n) is 2.61. The van der Waals surface area contributed by atoms with Crippen LogP contribution < -0.4 is 0 Å². The van der Waals surface area contributed by atoms with E-state index in [4.69, 9.17) is 16.6 Å². The Hall–Kier alpha value is -1.40. The lowest BCUT2D eigenvalue weighted by atomic mass is 10.2. The SMILES string of the molecule is CCCc1nn(C)c2c1nc(CCl)n2CCc1nccs1. The first-order valence-electron chi connectivity index (χ1n) is 7.10. The molecule has 0 aliphatic carbocycles. The van der Waals surface area contributed by atoms with Gasteiger partial charge in [-0.05, 0) is 6.42 Å². The molecule has 7 heteroatoms. The van der Waals surface area contributed by atoms with Crippen molar-refractivity contribution in [1.29, 1.82) is 0 Å². The summed E-state index contributed by atoms with van der Waals surface area (Å²) in [5.41, 5.74) is 3.12. The maximum Gasteiger partial charge on any atom is 0.158 e. The molecule has 0 atom stereocenters. The molecule has 0 aliphatic rings. The Morgan fingerprint density at radius 1 is 1.33 bits per heavy atom. The number of imidazole rings is 1. The quantitative estimate of drug-likeness (QED) is 0.655. The number of alkyl halides is 1. The lowest BCUT2D eigenvalue weighted by Crippen LogP contribution is -2.08. The fourth-order valence-corrected chi connectivity index (χ4v) is 3.43. The van der Waals surface area contributed by atoms with Gasteiger partial charge >= 0.3 is 0 Å². The molecule has 0 amide bonds. The van der Waals surface area contributed by atoms with Crippen LogP contribution in [0.2, 0.25) is 0 Å². The molecule has 0 saturated heterocycles. The zero-order valence-electron chi connectivity index (χ0n) is 12.2. The Kier molecular flexibility index (Phi) is 4.26. The van der Waals surface area contributed by atoms with Crippen molar-refractivity contribution in [3.05, 3.63) is 28.1 Å². The van der Waals surface area contributed by atoms with E-state index in [9.17, 15) is 0 Å². The molecule has 3 aromatic heterocycles. The zero-order valence-corrected chi connectivity index (χ0v) is 13.8. The van der Waals surface area contributed by atoms with E-state index in [0.29, 0.717) is 5.88 Å². The van der Waals surface area contributed by atoms with Gasteiger partial charge in [0.2, 0.25) is 0 Å². The Morgan fingerprint density at radius 3 is 2.86 bits per heavy atom. The third-order valence-electron chi connectivity index (χ3n) is 3.51. The second kappa shape index (κ2) is 6.15. The molecule has 0 fully saturated rings. The van der Waals surface area contributed by atoms with Gasteiger partial charge in [0.15, 0.2) is 5.65 Å². The predicted molar refractivity (Wildman–Crippen MR) is 85.9 cm³/mol. The number of thiazole rings is 1. The van der Waals surface area contributed by atoms with Crippen LogP contribution in [0.25, 0.3) is 11.2 Å². The second-order valence-corrected chi connectivity index (χ2v) is 6.23. The number of halogens is 1. The lowest BCUT2D eigenvalue weighted by molar-refractivity contribution is 0.646. The summed E-state index contributed by atoms with van der Waals surface area (Å²) >= 11 is 7.76. The van der Waals surface area contributed by atoms with Gasteiger partial charge in [0.05, 0.1) is 16.6 Å². The molecular formula is C14H18ClN5S. The smallest absolute Gasteiger partial charge is 0.158 e. The minimum Gasteiger partial charge on any atom is -0.311 e. The number of rotatable bonds is 6. The van der Waals surface area contributed by atoms with Crippen molar-refractivity contribution < 1.29 is 0 Å². The lowest BCUT2D eigenvalue weighted by Gasteiger charge is -2.06. The van der Waals surface area contributed by atoms with Crippen molar-refractivity contribution in [2.45, 2.75) is 38.6 Å². The average Bonchev–Trinajstić information content (AvgIpc) is 3.16. The van der Waals surface area contributed by atoms with E-state index in [-0.39, 0.29) is 0 Å². The van der Waals surface area contributed by atoms with Crippen LogP contribution in [-0.4, -0.2) is 24.3 Å². The third-order valence-corrected chi connectivity index (χ3v) is 4.59.